The van der Waals surface area contributed by atoms with Crippen molar-refractivity contribution in [2.75, 3.05) is 0 Å². The van der Waals surface area contributed by atoms with Crippen LogP contribution < -0.4 is 0 Å². The average molecular weight is 254 g/mol. The summed E-state index contributed by atoms with van der Waals surface area (Å²) in [4.78, 5) is 29.4. The highest BCUT2D eigenvalue weighted by Crippen LogP contribution is 2.06. The number of aromatic nitrogens is 8. The molecule has 0 saturated heterocycles. The minimum atomic E-state index is 0.782. The van der Waals surface area contributed by atoms with E-state index < -0.39 is 0 Å². The van der Waals surface area contributed by atoms with E-state index >= 15 is 0 Å². The second kappa shape index (κ2) is 4.77. The molecule has 2 N–H and O–H groups in total. The first-order valence-corrected chi connectivity index (χ1v) is 5.54. The van der Waals surface area contributed by atoms with E-state index in [1.54, 1.807) is 18.9 Å². The van der Waals surface area contributed by atoms with Gasteiger partial charge in [-0.1, -0.05) is 0 Å². The van der Waals surface area contributed by atoms with Crippen molar-refractivity contribution in [3.05, 3.63) is 37.2 Å². The number of nitrogens with one attached hydrogen (secondary N) is 2. The molecule has 0 aliphatic carbocycles. The average Bonchev–Trinajstić information content (AvgIpc) is 3.08. The standard InChI is InChI=1S/C6H6N4.C5H4N4/c1-4-5-6(9-2-7-4)10-3-8-5;1-4-5(8-2-6-1)9-3-7-4/h2-3H,1H3,(H,7,8,9,10);1-3H,(H,6,7,8,9). The Morgan fingerprint density at radius 2 is 1.63 bits per heavy atom. The van der Waals surface area contributed by atoms with Crippen LogP contribution in [-0.2, 0) is 0 Å². The lowest BCUT2D eigenvalue weighted by Gasteiger charge is -1.88. The molecule has 0 atom stereocenters. The van der Waals surface area contributed by atoms with Crippen LogP contribution in [0.15, 0.2) is 31.5 Å². The van der Waals surface area contributed by atoms with Crippen LogP contribution in [0.3, 0.4) is 0 Å². The maximum Gasteiger partial charge on any atom is 0.160 e. The SMILES string of the molecule is Cc1ncnc2[nH]cnc12.c1ncc2nc[nH]c2n1. The number of nitrogens with zero attached hydrogens (tertiary/aromatic N) is 6. The first-order chi connectivity index (χ1) is 9.34. The molecule has 0 aliphatic rings. The summed E-state index contributed by atoms with van der Waals surface area (Å²) >= 11 is 0. The van der Waals surface area contributed by atoms with Gasteiger partial charge in [-0.15, -0.1) is 0 Å². The molecule has 4 heterocycles. The molecule has 0 fully saturated rings. The Labute approximate surface area is 107 Å². The predicted molar refractivity (Wildman–Crippen MR) is 68.1 cm³/mol. The topological polar surface area (TPSA) is 109 Å². The van der Waals surface area contributed by atoms with Gasteiger partial charge in [0, 0.05) is 0 Å². The number of hydrogen-bond donors (Lipinski definition) is 2. The summed E-state index contributed by atoms with van der Waals surface area (Å²) in [5, 5.41) is 0. The monoisotopic (exact) mass is 254 g/mol. The van der Waals surface area contributed by atoms with Gasteiger partial charge in [0.1, 0.15) is 23.7 Å². The Bertz CT molecular complexity index is 772. The molecule has 8 nitrogen and oxygen atoms in total. The highest BCUT2D eigenvalue weighted by molar-refractivity contribution is 5.71. The van der Waals surface area contributed by atoms with Gasteiger partial charge in [-0.3, -0.25) is 0 Å². The Balaban J connectivity index is 0.000000117. The fraction of sp³-hybridized carbons (Fsp3) is 0.0909. The van der Waals surface area contributed by atoms with Crippen molar-refractivity contribution < 1.29 is 0 Å². The summed E-state index contributed by atoms with van der Waals surface area (Å²) in [6.07, 6.45) is 7.89. The van der Waals surface area contributed by atoms with Gasteiger partial charge in [0.05, 0.1) is 24.5 Å². The summed E-state index contributed by atoms with van der Waals surface area (Å²) in [6, 6.07) is 0. The number of H-pyrrole nitrogens is 2. The zero-order chi connectivity index (χ0) is 13.1. The number of rotatable bonds is 0. The third-order valence-electron chi connectivity index (χ3n) is 2.50. The second-order valence-electron chi connectivity index (χ2n) is 3.72. The molecule has 0 aliphatic heterocycles. The van der Waals surface area contributed by atoms with Gasteiger partial charge >= 0.3 is 0 Å². The molecule has 4 aromatic heterocycles. The molecular formula is C11H10N8. The van der Waals surface area contributed by atoms with Crippen molar-refractivity contribution in [1.82, 2.24) is 39.9 Å². The first-order valence-electron chi connectivity index (χ1n) is 5.54. The highest BCUT2D eigenvalue weighted by atomic mass is 15.0. The highest BCUT2D eigenvalue weighted by Gasteiger charge is 1.98. The predicted octanol–water partition coefficient (Wildman–Crippen LogP) is 1.01. The molecule has 0 aromatic carbocycles. The van der Waals surface area contributed by atoms with E-state index in [9.17, 15) is 0 Å². The van der Waals surface area contributed by atoms with Crippen molar-refractivity contribution >= 4 is 22.3 Å². The normalized spacial score (nSPS) is 10.4. The molecule has 19 heavy (non-hydrogen) atoms. The quantitative estimate of drug-likeness (QED) is 0.484. The maximum atomic E-state index is 4.04. The zero-order valence-corrected chi connectivity index (χ0v) is 10.1. The summed E-state index contributed by atoms with van der Waals surface area (Å²) < 4.78 is 0. The van der Waals surface area contributed by atoms with Crippen LogP contribution in [0.5, 0.6) is 0 Å². The van der Waals surface area contributed by atoms with Gasteiger partial charge in [0.15, 0.2) is 11.3 Å². The molecule has 0 bridgehead atoms. The third-order valence-corrected chi connectivity index (χ3v) is 2.50. The fourth-order valence-electron chi connectivity index (χ4n) is 1.58. The van der Waals surface area contributed by atoms with E-state index in [1.165, 1.54) is 12.7 Å². The van der Waals surface area contributed by atoms with Crippen LogP contribution in [0.1, 0.15) is 5.69 Å². The maximum absolute atomic E-state index is 4.04. The van der Waals surface area contributed by atoms with E-state index in [-0.39, 0.29) is 0 Å². The van der Waals surface area contributed by atoms with Crippen molar-refractivity contribution in [3.8, 4) is 0 Å². The first kappa shape index (κ1) is 11.2. The Morgan fingerprint density at radius 1 is 0.842 bits per heavy atom. The summed E-state index contributed by atoms with van der Waals surface area (Å²) in [5.74, 6) is 0. The van der Waals surface area contributed by atoms with Crippen molar-refractivity contribution in [2.45, 2.75) is 6.92 Å². The van der Waals surface area contributed by atoms with Gasteiger partial charge < -0.3 is 9.97 Å². The number of aromatic amines is 2. The number of hydrogen-bond acceptors (Lipinski definition) is 6. The minimum Gasteiger partial charge on any atom is -0.329 e. The van der Waals surface area contributed by atoms with Crippen LogP contribution in [0.2, 0.25) is 0 Å². The molecule has 4 rings (SSSR count). The van der Waals surface area contributed by atoms with E-state index in [2.05, 4.69) is 39.9 Å². The summed E-state index contributed by atoms with van der Waals surface area (Å²) in [5.41, 5.74) is 4.14. The van der Waals surface area contributed by atoms with Crippen molar-refractivity contribution in [2.24, 2.45) is 0 Å². The Morgan fingerprint density at radius 3 is 2.47 bits per heavy atom. The second-order valence-corrected chi connectivity index (χ2v) is 3.72. The molecular weight excluding hydrogens is 244 g/mol. The summed E-state index contributed by atoms with van der Waals surface area (Å²) in [6.45, 7) is 1.91. The lowest BCUT2D eigenvalue weighted by atomic mass is 10.4. The van der Waals surface area contributed by atoms with Gasteiger partial charge in [-0.25, -0.2) is 29.9 Å². The Hall–Kier alpha value is -2.90. The number of imidazole rings is 2. The third kappa shape index (κ3) is 2.23. The van der Waals surface area contributed by atoms with Crippen LogP contribution >= 0.6 is 0 Å². The van der Waals surface area contributed by atoms with Gasteiger partial charge in [0.25, 0.3) is 0 Å². The van der Waals surface area contributed by atoms with E-state index in [1.807, 2.05) is 6.92 Å². The van der Waals surface area contributed by atoms with Crippen molar-refractivity contribution in [1.29, 1.82) is 0 Å². The minimum absolute atomic E-state index is 0.782. The molecule has 0 spiro atoms. The lowest BCUT2D eigenvalue weighted by Crippen LogP contribution is -1.84. The van der Waals surface area contributed by atoms with Crippen LogP contribution in [0, 0.1) is 6.92 Å². The van der Waals surface area contributed by atoms with Crippen LogP contribution in [0.25, 0.3) is 22.3 Å². The molecule has 0 radical (unpaired) electrons. The summed E-state index contributed by atoms with van der Waals surface area (Å²) in [7, 11) is 0. The van der Waals surface area contributed by atoms with Crippen LogP contribution in [0.4, 0.5) is 0 Å². The van der Waals surface area contributed by atoms with E-state index in [4.69, 9.17) is 0 Å². The Kier molecular flexibility index (Phi) is 2.81. The molecule has 0 saturated carbocycles. The lowest BCUT2D eigenvalue weighted by molar-refractivity contribution is 1.14. The molecule has 4 aromatic rings. The van der Waals surface area contributed by atoms with Crippen LogP contribution in [-0.4, -0.2) is 39.9 Å². The largest absolute Gasteiger partial charge is 0.329 e. The van der Waals surface area contributed by atoms with Gasteiger partial charge in [-0.05, 0) is 6.92 Å². The molecule has 8 heteroatoms. The van der Waals surface area contributed by atoms with Gasteiger partial charge in [-0.2, -0.15) is 0 Å². The van der Waals surface area contributed by atoms with E-state index in [0.29, 0.717) is 0 Å². The van der Waals surface area contributed by atoms with E-state index in [0.717, 1.165) is 28.0 Å². The molecule has 94 valence electrons. The van der Waals surface area contributed by atoms with Gasteiger partial charge in [0.2, 0.25) is 0 Å². The number of aryl methyl sites for hydroxylation is 1. The number of fused-ring (bicyclic) bond motifs is 2. The molecule has 0 unspecified atom stereocenters. The zero-order valence-electron chi connectivity index (χ0n) is 10.1. The van der Waals surface area contributed by atoms with Crippen molar-refractivity contribution in [3.63, 3.8) is 0 Å². The smallest absolute Gasteiger partial charge is 0.160 e. The fourth-order valence-corrected chi connectivity index (χ4v) is 1.58. The molecule has 0 amide bonds.